The number of hydrogen-bond donors (Lipinski definition) is 1. The molecular weight excluding hydrogens is 322 g/mol. The van der Waals surface area contributed by atoms with Gasteiger partial charge in [0.1, 0.15) is 0 Å². The molecule has 4 atom stereocenters. The first-order chi connectivity index (χ1) is 12.5. The maximum Gasteiger partial charge on any atom is 0.226 e. The Hall–Kier alpha value is -2.39. The zero-order chi connectivity index (χ0) is 19.1. The van der Waals surface area contributed by atoms with Gasteiger partial charge in [0.2, 0.25) is 5.91 Å². The molecule has 0 aliphatic heterocycles. The largest absolute Gasteiger partial charge is 0.386 e. The van der Waals surface area contributed by atoms with Crippen LogP contribution in [0, 0.1) is 5.92 Å². The third-order valence-electron chi connectivity index (χ3n) is 5.22. The van der Waals surface area contributed by atoms with Crippen LogP contribution in [0.5, 0.6) is 0 Å². The summed E-state index contributed by atoms with van der Waals surface area (Å²) in [7, 11) is 1.77. The summed E-state index contributed by atoms with van der Waals surface area (Å²) in [6, 6.07) is 19.2. The average Bonchev–Trinajstić information content (AvgIpc) is 2.70. The first kappa shape index (κ1) is 19.9. The maximum absolute atomic E-state index is 13.2. The van der Waals surface area contributed by atoms with E-state index in [0.717, 1.165) is 11.1 Å². The average molecular weight is 351 g/mol. The number of rotatable bonds is 8. The molecule has 3 nitrogen and oxygen atoms in total. The SMILES string of the molecule is C=CC[C@H](C(=O)N(C)[C@@H](C)[C@@H](O)c1ccccc1)[C@@H](C)c1ccccc1. The molecule has 0 spiro atoms. The number of aliphatic hydroxyl groups is 1. The molecule has 0 unspecified atom stereocenters. The molecule has 1 N–H and O–H groups in total. The molecule has 0 aromatic heterocycles. The number of likely N-dealkylation sites (N-methyl/N-ethyl adjacent to an activating group) is 1. The van der Waals surface area contributed by atoms with E-state index in [2.05, 4.69) is 25.6 Å². The molecular formula is C23H29NO2. The van der Waals surface area contributed by atoms with E-state index in [1.165, 1.54) is 0 Å². The van der Waals surface area contributed by atoms with E-state index < -0.39 is 6.10 Å². The van der Waals surface area contributed by atoms with Crippen LogP contribution in [0.4, 0.5) is 0 Å². The van der Waals surface area contributed by atoms with Gasteiger partial charge in [0.15, 0.2) is 0 Å². The van der Waals surface area contributed by atoms with Gasteiger partial charge in [0.25, 0.3) is 0 Å². The molecule has 0 fully saturated rings. The van der Waals surface area contributed by atoms with Gasteiger partial charge < -0.3 is 10.0 Å². The minimum absolute atomic E-state index is 0.0312. The van der Waals surface area contributed by atoms with Crippen molar-refractivity contribution >= 4 is 5.91 Å². The summed E-state index contributed by atoms with van der Waals surface area (Å²) in [4.78, 5) is 14.9. The lowest BCUT2D eigenvalue weighted by Crippen LogP contribution is -2.43. The number of aliphatic hydroxyl groups excluding tert-OH is 1. The molecule has 138 valence electrons. The topological polar surface area (TPSA) is 40.5 Å². The molecule has 26 heavy (non-hydrogen) atoms. The van der Waals surface area contributed by atoms with Crippen molar-refractivity contribution < 1.29 is 9.90 Å². The summed E-state index contributed by atoms with van der Waals surface area (Å²) in [5.41, 5.74) is 1.95. The van der Waals surface area contributed by atoms with E-state index in [0.29, 0.717) is 6.42 Å². The van der Waals surface area contributed by atoms with Crippen LogP contribution < -0.4 is 0 Å². The number of nitrogens with zero attached hydrogens (tertiary/aromatic N) is 1. The molecule has 0 aliphatic rings. The van der Waals surface area contributed by atoms with Crippen LogP contribution >= 0.6 is 0 Å². The Labute approximate surface area is 157 Å². The summed E-state index contributed by atoms with van der Waals surface area (Å²) in [6.45, 7) is 7.79. The fourth-order valence-corrected chi connectivity index (χ4v) is 3.29. The molecule has 1 amide bonds. The van der Waals surface area contributed by atoms with Gasteiger partial charge in [-0.05, 0) is 30.4 Å². The zero-order valence-corrected chi connectivity index (χ0v) is 15.9. The van der Waals surface area contributed by atoms with Gasteiger partial charge in [-0.3, -0.25) is 4.79 Å². The highest BCUT2D eigenvalue weighted by Crippen LogP contribution is 2.30. The number of benzene rings is 2. The van der Waals surface area contributed by atoms with Crippen molar-refractivity contribution in [2.24, 2.45) is 5.92 Å². The predicted octanol–water partition coefficient (Wildman–Crippen LogP) is 4.56. The quantitative estimate of drug-likeness (QED) is 0.708. The fraction of sp³-hybridized carbons (Fsp3) is 0.348. The molecule has 0 bridgehead atoms. The first-order valence-electron chi connectivity index (χ1n) is 9.12. The van der Waals surface area contributed by atoms with Crippen molar-refractivity contribution in [3.63, 3.8) is 0 Å². The third-order valence-corrected chi connectivity index (χ3v) is 5.22. The molecule has 0 heterocycles. The van der Waals surface area contributed by atoms with Crippen molar-refractivity contribution in [1.29, 1.82) is 0 Å². The van der Waals surface area contributed by atoms with Crippen molar-refractivity contribution in [2.75, 3.05) is 7.05 Å². The maximum atomic E-state index is 13.2. The van der Waals surface area contributed by atoms with E-state index in [4.69, 9.17) is 0 Å². The van der Waals surface area contributed by atoms with Gasteiger partial charge in [0.05, 0.1) is 12.1 Å². The van der Waals surface area contributed by atoms with Crippen molar-refractivity contribution in [3.05, 3.63) is 84.4 Å². The molecule has 3 heteroatoms. The molecule has 2 aromatic carbocycles. The minimum atomic E-state index is -0.721. The van der Waals surface area contributed by atoms with Crippen LogP contribution in [0.2, 0.25) is 0 Å². The Morgan fingerprint density at radius 1 is 1.04 bits per heavy atom. The molecule has 0 aliphatic carbocycles. The number of carbonyl (C=O) groups is 1. The molecule has 2 rings (SSSR count). The minimum Gasteiger partial charge on any atom is -0.386 e. The Kier molecular flexibility index (Phi) is 7.16. The highest BCUT2D eigenvalue weighted by Gasteiger charge is 2.32. The molecule has 0 saturated carbocycles. The van der Waals surface area contributed by atoms with Crippen LogP contribution in [-0.4, -0.2) is 29.0 Å². The lowest BCUT2D eigenvalue weighted by Gasteiger charge is -2.34. The summed E-state index contributed by atoms with van der Waals surface area (Å²) in [6.07, 6.45) is 1.68. The van der Waals surface area contributed by atoms with E-state index in [-0.39, 0.29) is 23.8 Å². The van der Waals surface area contributed by atoms with Crippen LogP contribution in [0.15, 0.2) is 73.3 Å². The van der Waals surface area contributed by atoms with Gasteiger partial charge in [-0.2, -0.15) is 0 Å². The number of hydrogen-bond acceptors (Lipinski definition) is 2. The lowest BCUT2D eigenvalue weighted by molar-refractivity contribution is -0.138. The van der Waals surface area contributed by atoms with Crippen LogP contribution in [0.25, 0.3) is 0 Å². The van der Waals surface area contributed by atoms with Crippen LogP contribution in [0.1, 0.15) is 43.4 Å². The smallest absolute Gasteiger partial charge is 0.226 e. The number of allylic oxidation sites excluding steroid dienone is 1. The standard InChI is InChI=1S/C23H29NO2/c1-5-12-21(17(2)19-13-8-6-9-14-19)23(26)24(4)18(3)22(25)20-15-10-7-11-16-20/h5-11,13-18,21-22,25H,1,12H2,2-4H3/t17-,18-,21-,22+/m0/s1. The first-order valence-corrected chi connectivity index (χ1v) is 9.12. The summed E-state index contributed by atoms with van der Waals surface area (Å²) in [5, 5.41) is 10.7. The van der Waals surface area contributed by atoms with Crippen LogP contribution in [0.3, 0.4) is 0 Å². The Morgan fingerprint density at radius 3 is 2.04 bits per heavy atom. The van der Waals surface area contributed by atoms with Crippen molar-refractivity contribution in [3.8, 4) is 0 Å². The molecule has 2 aromatic rings. The second-order valence-corrected chi connectivity index (χ2v) is 6.88. The van der Waals surface area contributed by atoms with Gasteiger partial charge >= 0.3 is 0 Å². The second kappa shape index (κ2) is 9.35. The predicted molar refractivity (Wildman–Crippen MR) is 107 cm³/mol. The normalized spacial score (nSPS) is 15.5. The highest BCUT2D eigenvalue weighted by molar-refractivity contribution is 5.80. The monoisotopic (exact) mass is 351 g/mol. The Balaban J connectivity index is 2.18. The van der Waals surface area contributed by atoms with E-state index >= 15 is 0 Å². The van der Waals surface area contributed by atoms with Crippen molar-refractivity contribution in [1.82, 2.24) is 4.90 Å². The highest BCUT2D eigenvalue weighted by atomic mass is 16.3. The van der Waals surface area contributed by atoms with Gasteiger partial charge in [-0.15, -0.1) is 6.58 Å². The van der Waals surface area contributed by atoms with Gasteiger partial charge in [-0.1, -0.05) is 73.7 Å². The summed E-state index contributed by atoms with van der Waals surface area (Å²) >= 11 is 0. The summed E-state index contributed by atoms with van der Waals surface area (Å²) < 4.78 is 0. The van der Waals surface area contributed by atoms with E-state index in [1.54, 1.807) is 18.0 Å². The van der Waals surface area contributed by atoms with E-state index in [9.17, 15) is 9.90 Å². The third kappa shape index (κ3) is 4.61. The zero-order valence-electron chi connectivity index (χ0n) is 15.9. The Morgan fingerprint density at radius 2 is 1.54 bits per heavy atom. The van der Waals surface area contributed by atoms with Crippen LogP contribution in [-0.2, 0) is 4.79 Å². The molecule has 0 saturated heterocycles. The van der Waals surface area contributed by atoms with Gasteiger partial charge in [-0.25, -0.2) is 0 Å². The number of amides is 1. The van der Waals surface area contributed by atoms with Gasteiger partial charge in [0, 0.05) is 13.0 Å². The second-order valence-electron chi connectivity index (χ2n) is 6.88. The summed E-state index contributed by atoms with van der Waals surface area (Å²) in [5.74, 6) is -0.0979. The van der Waals surface area contributed by atoms with E-state index in [1.807, 2.05) is 55.5 Å². The molecule has 0 radical (unpaired) electrons. The van der Waals surface area contributed by atoms with Crippen molar-refractivity contribution in [2.45, 2.75) is 38.3 Å². The lowest BCUT2D eigenvalue weighted by atomic mass is 9.84. The fourth-order valence-electron chi connectivity index (χ4n) is 3.29. The Bertz CT molecular complexity index is 699. The number of carbonyl (C=O) groups excluding carboxylic acids is 1.